The van der Waals surface area contributed by atoms with Gasteiger partial charge in [-0.2, -0.15) is 0 Å². The average Bonchev–Trinajstić information content (AvgIpc) is 2.73. The van der Waals surface area contributed by atoms with E-state index in [1.807, 2.05) is 0 Å². The molecule has 0 atom stereocenters. The van der Waals surface area contributed by atoms with Crippen molar-refractivity contribution in [1.29, 1.82) is 0 Å². The Labute approximate surface area is 93.3 Å². The first kappa shape index (κ1) is 12.4. The van der Waals surface area contributed by atoms with Gasteiger partial charge < -0.3 is 13.9 Å². The normalized spacial score (nSPS) is 10.1. The molecule has 0 fully saturated rings. The van der Waals surface area contributed by atoms with Gasteiger partial charge in [0.05, 0.1) is 6.61 Å². The van der Waals surface area contributed by atoms with E-state index in [2.05, 4.69) is 0 Å². The number of esters is 1. The summed E-state index contributed by atoms with van der Waals surface area (Å²) in [7, 11) is 1.58. The first-order valence-corrected chi connectivity index (χ1v) is 4.92. The van der Waals surface area contributed by atoms with Gasteiger partial charge in [0.25, 0.3) is 0 Å². The lowest BCUT2D eigenvalue weighted by Crippen LogP contribution is -2.07. The molecule has 5 heteroatoms. The number of ether oxygens (including phenoxy) is 2. The predicted molar refractivity (Wildman–Crippen MR) is 55.5 cm³/mol. The molecule has 0 aliphatic rings. The number of hydrogen-bond donors (Lipinski definition) is 0. The van der Waals surface area contributed by atoms with Crippen LogP contribution in [0, 0.1) is 0 Å². The summed E-state index contributed by atoms with van der Waals surface area (Å²) >= 11 is 0. The first-order valence-electron chi connectivity index (χ1n) is 4.92. The van der Waals surface area contributed by atoms with Gasteiger partial charge in [0, 0.05) is 27.1 Å². The molecule has 0 unspecified atom stereocenters. The number of rotatable bonds is 6. The van der Waals surface area contributed by atoms with E-state index in [-0.39, 0.29) is 23.9 Å². The molecule has 5 nitrogen and oxygen atoms in total. The molecule has 0 saturated carbocycles. The van der Waals surface area contributed by atoms with E-state index >= 15 is 0 Å². The summed E-state index contributed by atoms with van der Waals surface area (Å²) in [5, 5.41) is 0. The molecular weight excluding hydrogens is 212 g/mol. The zero-order valence-corrected chi connectivity index (χ0v) is 9.32. The van der Waals surface area contributed by atoms with Crippen LogP contribution in [0.4, 0.5) is 0 Å². The number of furan rings is 1. The Bertz CT molecular complexity index is 366. The van der Waals surface area contributed by atoms with Crippen molar-refractivity contribution in [2.45, 2.75) is 13.3 Å². The van der Waals surface area contributed by atoms with Crippen molar-refractivity contribution >= 4 is 11.8 Å². The molecule has 88 valence electrons. The van der Waals surface area contributed by atoms with Gasteiger partial charge in [-0.05, 0) is 12.1 Å². The highest BCUT2D eigenvalue weighted by molar-refractivity contribution is 5.93. The van der Waals surface area contributed by atoms with Gasteiger partial charge in [0.2, 0.25) is 5.76 Å². The Kier molecular flexibility index (Phi) is 4.72. The van der Waals surface area contributed by atoms with Gasteiger partial charge in [-0.3, -0.25) is 4.79 Å². The lowest BCUT2D eigenvalue weighted by atomic mass is 10.3. The minimum atomic E-state index is -0.566. The van der Waals surface area contributed by atoms with Crippen LogP contribution < -0.4 is 0 Å². The summed E-state index contributed by atoms with van der Waals surface area (Å²) in [4.78, 5) is 22.3. The van der Waals surface area contributed by atoms with Crippen molar-refractivity contribution in [3.05, 3.63) is 23.7 Å². The Balaban J connectivity index is 2.43. The molecule has 0 N–H and O–H groups in total. The van der Waals surface area contributed by atoms with E-state index in [4.69, 9.17) is 13.9 Å². The molecule has 0 aliphatic heterocycles. The molecule has 16 heavy (non-hydrogen) atoms. The molecule has 0 amide bonds. The topological polar surface area (TPSA) is 65.7 Å². The maximum atomic E-state index is 11.4. The van der Waals surface area contributed by atoms with Gasteiger partial charge in [0.15, 0.2) is 11.5 Å². The van der Waals surface area contributed by atoms with Crippen LogP contribution in [0.3, 0.4) is 0 Å². The minimum Gasteiger partial charge on any atom is -0.460 e. The Morgan fingerprint density at radius 3 is 2.50 bits per heavy atom. The van der Waals surface area contributed by atoms with Gasteiger partial charge in [-0.25, -0.2) is 4.79 Å². The molecule has 0 bridgehead atoms. The Morgan fingerprint density at radius 2 is 1.94 bits per heavy atom. The smallest absolute Gasteiger partial charge is 0.374 e. The number of methoxy groups -OCH3 is 1. The predicted octanol–water partition coefficient (Wildman–Crippen LogP) is 1.68. The Morgan fingerprint density at radius 1 is 1.25 bits per heavy atom. The van der Waals surface area contributed by atoms with Crippen LogP contribution in [-0.2, 0) is 9.47 Å². The molecule has 0 aliphatic carbocycles. The van der Waals surface area contributed by atoms with Crippen LogP contribution in [0.2, 0.25) is 0 Å². The van der Waals surface area contributed by atoms with E-state index < -0.39 is 5.97 Å². The fourth-order valence-corrected chi connectivity index (χ4v) is 1.08. The lowest BCUT2D eigenvalue weighted by Gasteiger charge is -2.01. The summed E-state index contributed by atoms with van der Waals surface area (Å²) in [6.07, 6.45) is 0.627. The van der Waals surface area contributed by atoms with Gasteiger partial charge >= 0.3 is 5.97 Å². The third-order valence-corrected chi connectivity index (χ3v) is 1.88. The van der Waals surface area contributed by atoms with E-state index in [9.17, 15) is 9.59 Å². The zero-order chi connectivity index (χ0) is 12.0. The number of carbonyl (C=O) groups excluding carboxylic acids is 2. The highest BCUT2D eigenvalue weighted by atomic mass is 16.5. The van der Waals surface area contributed by atoms with Crippen LogP contribution in [-0.4, -0.2) is 32.1 Å². The fourth-order valence-electron chi connectivity index (χ4n) is 1.08. The second-order valence-corrected chi connectivity index (χ2v) is 3.20. The van der Waals surface area contributed by atoms with Crippen LogP contribution in [0.5, 0.6) is 0 Å². The highest BCUT2D eigenvalue weighted by Gasteiger charge is 2.14. The number of carbonyl (C=O) groups is 2. The largest absolute Gasteiger partial charge is 0.460 e. The maximum absolute atomic E-state index is 11.4. The monoisotopic (exact) mass is 226 g/mol. The molecule has 1 heterocycles. The van der Waals surface area contributed by atoms with Crippen molar-refractivity contribution in [3.63, 3.8) is 0 Å². The maximum Gasteiger partial charge on any atom is 0.374 e. The summed E-state index contributed by atoms with van der Waals surface area (Å²) in [5.74, 6) is -0.589. The molecule has 1 aromatic rings. The van der Waals surface area contributed by atoms with Crippen LogP contribution in [0.25, 0.3) is 0 Å². The SMILES string of the molecule is COCCCOC(=O)c1ccc(C(C)=O)o1. The first-order chi connectivity index (χ1) is 7.65. The van der Waals surface area contributed by atoms with E-state index in [1.165, 1.54) is 19.1 Å². The van der Waals surface area contributed by atoms with Crippen LogP contribution >= 0.6 is 0 Å². The molecular formula is C11H14O5. The molecule has 0 saturated heterocycles. The van der Waals surface area contributed by atoms with Gasteiger partial charge in [-0.1, -0.05) is 0 Å². The summed E-state index contributed by atoms with van der Waals surface area (Å²) in [6, 6.07) is 2.88. The second kappa shape index (κ2) is 6.07. The van der Waals surface area contributed by atoms with Crippen molar-refractivity contribution < 1.29 is 23.5 Å². The Hall–Kier alpha value is -1.62. The van der Waals surface area contributed by atoms with E-state index in [1.54, 1.807) is 7.11 Å². The standard InChI is InChI=1S/C11H14O5/c1-8(12)9-4-5-10(16-9)11(13)15-7-3-6-14-2/h4-5H,3,6-7H2,1-2H3. The fraction of sp³-hybridized carbons (Fsp3) is 0.455. The molecule has 0 aromatic carbocycles. The summed E-state index contributed by atoms with van der Waals surface area (Å²) in [5.41, 5.74) is 0. The van der Waals surface area contributed by atoms with E-state index in [0.717, 1.165) is 0 Å². The molecule has 1 aromatic heterocycles. The minimum absolute atomic E-state index is 0.0441. The van der Waals surface area contributed by atoms with Crippen LogP contribution in [0.15, 0.2) is 16.5 Å². The number of hydrogen-bond acceptors (Lipinski definition) is 5. The number of Topliss-reactive ketones (excluding diaryl/α,β-unsaturated/α-hetero) is 1. The average molecular weight is 226 g/mol. The number of ketones is 1. The quantitative estimate of drug-likeness (QED) is 0.419. The van der Waals surface area contributed by atoms with Gasteiger partial charge in [-0.15, -0.1) is 0 Å². The van der Waals surface area contributed by atoms with Crippen LogP contribution in [0.1, 0.15) is 34.5 Å². The van der Waals surface area contributed by atoms with Crippen molar-refractivity contribution in [3.8, 4) is 0 Å². The van der Waals surface area contributed by atoms with Gasteiger partial charge in [0.1, 0.15) is 0 Å². The lowest BCUT2D eigenvalue weighted by molar-refractivity contribution is 0.0431. The summed E-state index contributed by atoms with van der Waals surface area (Å²) < 4.78 is 14.7. The van der Waals surface area contributed by atoms with Crippen molar-refractivity contribution in [2.24, 2.45) is 0 Å². The second-order valence-electron chi connectivity index (χ2n) is 3.20. The highest BCUT2D eigenvalue weighted by Crippen LogP contribution is 2.09. The third kappa shape index (κ3) is 3.51. The molecule has 0 radical (unpaired) electrons. The molecule has 1 rings (SSSR count). The molecule has 0 spiro atoms. The van der Waals surface area contributed by atoms with E-state index in [0.29, 0.717) is 13.0 Å². The van der Waals surface area contributed by atoms with Crippen molar-refractivity contribution in [2.75, 3.05) is 20.3 Å². The van der Waals surface area contributed by atoms with Crippen molar-refractivity contribution in [1.82, 2.24) is 0 Å². The third-order valence-electron chi connectivity index (χ3n) is 1.88. The summed E-state index contributed by atoms with van der Waals surface area (Å²) in [6.45, 7) is 2.17. The zero-order valence-electron chi connectivity index (χ0n) is 9.32.